The molecule has 0 aliphatic carbocycles. The van der Waals surface area contributed by atoms with Crippen LogP contribution in [0, 0.1) is 13.8 Å². The van der Waals surface area contributed by atoms with Gasteiger partial charge in [-0.25, -0.2) is 13.4 Å². The van der Waals surface area contributed by atoms with Gasteiger partial charge in [-0.2, -0.15) is 0 Å². The lowest BCUT2D eigenvalue weighted by atomic mass is 10.1. The Hall–Kier alpha value is -2.81. The second kappa shape index (κ2) is 7.79. The first-order valence-corrected chi connectivity index (χ1v) is 11.7. The number of carbonyl (C=O) groups excluding carboxylic acids is 1. The summed E-state index contributed by atoms with van der Waals surface area (Å²) in [5.41, 5.74) is 9.64. The zero-order valence-corrected chi connectivity index (χ0v) is 18.2. The number of sulfonamides is 1. The van der Waals surface area contributed by atoms with Gasteiger partial charge < -0.3 is 15.5 Å². The Labute approximate surface area is 177 Å². The lowest BCUT2D eigenvalue weighted by Crippen LogP contribution is -2.49. The van der Waals surface area contributed by atoms with E-state index in [0.29, 0.717) is 56.1 Å². The van der Waals surface area contributed by atoms with Crippen LogP contribution in [0.1, 0.15) is 27.9 Å². The highest BCUT2D eigenvalue weighted by Crippen LogP contribution is 2.28. The quantitative estimate of drug-likeness (QED) is 0.747. The summed E-state index contributed by atoms with van der Waals surface area (Å²) in [6.45, 7) is 7.08. The Morgan fingerprint density at radius 3 is 2.40 bits per heavy atom. The summed E-state index contributed by atoms with van der Waals surface area (Å²) in [6, 6.07) is 7.01. The number of rotatable bonds is 3. The Balaban J connectivity index is 1.45. The van der Waals surface area contributed by atoms with Crippen molar-refractivity contribution in [2.45, 2.75) is 20.3 Å². The fourth-order valence-corrected chi connectivity index (χ4v) is 5.72. The number of nitrogens with two attached hydrogens (primary N) is 1. The number of anilines is 3. The van der Waals surface area contributed by atoms with Crippen molar-refractivity contribution in [1.29, 1.82) is 0 Å². The standard InChI is InChI=1S/C21H27N5O3S/c1-15-12-16(2)20(23-14-15)24-7-9-25(10-8-24)21(27)18-5-4-17(13-19(18)22)26-6-3-11-30(26,28)29/h4-5,12-14H,3,6-11,22H2,1-2H3. The number of aryl methyl sites for hydroxylation is 2. The van der Waals surface area contributed by atoms with E-state index in [4.69, 9.17) is 5.73 Å². The summed E-state index contributed by atoms with van der Waals surface area (Å²) in [7, 11) is -3.28. The van der Waals surface area contributed by atoms with Crippen LogP contribution in [0.15, 0.2) is 30.5 Å². The maximum Gasteiger partial charge on any atom is 0.256 e. The summed E-state index contributed by atoms with van der Waals surface area (Å²) < 4.78 is 25.6. The molecule has 2 fully saturated rings. The SMILES string of the molecule is Cc1cnc(N2CCN(C(=O)c3ccc(N4CCCS4(=O)=O)cc3N)CC2)c(C)c1. The van der Waals surface area contributed by atoms with E-state index in [1.165, 1.54) is 4.31 Å². The van der Waals surface area contributed by atoms with Crippen molar-refractivity contribution in [3.05, 3.63) is 47.2 Å². The van der Waals surface area contributed by atoms with E-state index in [2.05, 4.69) is 22.9 Å². The summed E-state index contributed by atoms with van der Waals surface area (Å²) in [5.74, 6) is 0.979. The number of carbonyl (C=O) groups is 1. The molecule has 3 heterocycles. The highest BCUT2D eigenvalue weighted by Gasteiger charge is 2.30. The lowest BCUT2D eigenvalue weighted by molar-refractivity contribution is 0.0747. The Morgan fingerprint density at radius 2 is 1.80 bits per heavy atom. The van der Waals surface area contributed by atoms with Gasteiger partial charge in [-0.05, 0) is 49.6 Å². The molecule has 4 rings (SSSR count). The number of hydrogen-bond donors (Lipinski definition) is 1. The van der Waals surface area contributed by atoms with Crippen LogP contribution in [0.25, 0.3) is 0 Å². The van der Waals surface area contributed by atoms with Gasteiger partial charge in [0.2, 0.25) is 10.0 Å². The van der Waals surface area contributed by atoms with E-state index < -0.39 is 10.0 Å². The molecule has 8 nitrogen and oxygen atoms in total. The highest BCUT2D eigenvalue weighted by molar-refractivity contribution is 7.93. The summed E-state index contributed by atoms with van der Waals surface area (Å²) >= 11 is 0. The van der Waals surface area contributed by atoms with Gasteiger partial charge in [-0.15, -0.1) is 0 Å². The Morgan fingerprint density at radius 1 is 1.07 bits per heavy atom. The molecule has 0 bridgehead atoms. The second-order valence-corrected chi connectivity index (χ2v) is 9.96. The number of nitrogen functional groups attached to an aromatic ring is 1. The van der Waals surface area contributed by atoms with Crippen molar-refractivity contribution in [2.24, 2.45) is 0 Å². The molecule has 2 aliphatic heterocycles. The van der Waals surface area contributed by atoms with Gasteiger partial charge in [0.1, 0.15) is 5.82 Å². The molecule has 0 radical (unpaired) electrons. The molecular weight excluding hydrogens is 402 g/mol. The number of amides is 1. The topological polar surface area (TPSA) is 99.8 Å². The van der Waals surface area contributed by atoms with E-state index in [1.807, 2.05) is 13.1 Å². The molecule has 2 aromatic rings. The average Bonchev–Trinajstić information content (AvgIpc) is 3.06. The molecule has 2 N–H and O–H groups in total. The predicted molar refractivity (Wildman–Crippen MR) is 118 cm³/mol. The van der Waals surface area contributed by atoms with Gasteiger partial charge in [0.15, 0.2) is 0 Å². The third-order valence-electron chi connectivity index (χ3n) is 5.71. The number of hydrogen-bond acceptors (Lipinski definition) is 6. The second-order valence-electron chi connectivity index (χ2n) is 7.95. The highest BCUT2D eigenvalue weighted by atomic mass is 32.2. The third kappa shape index (κ3) is 3.81. The first-order chi connectivity index (χ1) is 14.3. The van der Waals surface area contributed by atoms with Gasteiger partial charge in [0.05, 0.1) is 17.0 Å². The van der Waals surface area contributed by atoms with E-state index in [0.717, 1.165) is 16.9 Å². The van der Waals surface area contributed by atoms with Gasteiger partial charge in [-0.1, -0.05) is 6.07 Å². The molecule has 160 valence electrons. The zero-order chi connectivity index (χ0) is 21.5. The minimum absolute atomic E-state index is 0.128. The Kier molecular flexibility index (Phi) is 5.31. The first kappa shape index (κ1) is 20.5. The van der Waals surface area contributed by atoms with Crippen molar-refractivity contribution < 1.29 is 13.2 Å². The van der Waals surface area contributed by atoms with Crippen LogP contribution >= 0.6 is 0 Å². The first-order valence-electron chi connectivity index (χ1n) is 10.1. The van der Waals surface area contributed by atoms with Crippen LogP contribution in [-0.4, -0.2) is 62.7 Å². The molecule has 1 amide bonds. The average molecular weight is 430 g/mol. The number of aromatic nitrogens is 1. The fraction of sp³-hybridized carbons (Fsp3) is 0.429. The van der Waals surface area contributed by atoms with Crippen molar-refractivity contribution >= 4 is 33.1 Å². The minimum atomic E-state index is -3.28. The number of pyridine rings is 1. The van der Waals surface area contributed by atoms with Gasteiger partial charge in [0.25, 0.3) is 5.91 Å². The Bertz CT molecular complexity index is 1080. The molecule has 0 unspecified atom stereocenters. The lowest BCUT2D eigenvalue weighted by Gasteiger charge is -2.36. The molecule has 0 spiro atoms. The van der Waals surface area contributed by atoms with Crippen molar-refractivity contribution in [3.63, 3.8) is 0 Å². The summed E-state index contributed by atoms with van der Waals surface area (Å²) in [4.78, 5) is 21.6. The van der Waals surface area contributed by atoms with Crippen molar-refractivity contribution in [3.8, 4) is 0 Å². The van der Waals surface area contributed by atoms with Crippen LogP contribution in [0.3, 0.4) is 0 Å². The van der Waals surface area contributed by atoms with Gasteiger partial charge in [-0.3, -0.25) is 9.10 Å². The van der Waals surface area contributed by atoms with E-state index in [-0.39, 0.29) is 11.7 Å². The van der Waals surface area contributed by atoms with Gasteiger partial charge >= 0.3 is 0 Å². The normalized spacial score (nSPS) is 18.7. The monoisotopic (exact) mass is 429 g/mol. The molecule has 30 heavy (non-hydrogen) atoms. The molecule has 0 saturated carbocycles. The molecule has 9 heteroatoms. The summed E-state index contributed by atoms with van der Waals surface area (Å²) in [6.07, 6.45) is 2.46. The van der Waals surface area contributed by atoms with Crippen LogP contribution in [0.4, 0.5) is 17.2 Å². The van der Waals surface area contributed by atoms with Gasteiger partial charge in [0, 0.05) is 44.6 Å². The van der Waals surface area contributed by atoms with Crippen molar-refractivity contribution in [1.82, 2.24) is 9.88 Å². The van der Waals surface area contributed by atoms with Crippen LogP contribution in [-0.2, 0) is 10.0 Å². The van der Waals surface area contributed by atoms with Crippen LogP contribution < -0.4 is 14.9 Å². The van der Waals surface area contributed by atoms with E-state index in [9.17, 15) is 13.2 Å². The number of benzene rings is 1. The van der Waals surface area contributed by atoms with E-state index >= 15 is 0 Å². The van der Waals surface area contributed by atoms with Crippen molar-refractivity contribution in [2.75, 3.05) is 53.4 Å². The maximum absolute atomic E-state index is 13.0. The predicted octanol–water partition coefficient (Wildman–Crippen LogP) is 1.78. The molecule has 2 saturated heterocycles. The zero-order valence-electron chi connectivity index (χ0n) is 17.3. The molecule has 1 aromatic carbocycles. The molecule has 2 aliphatic rings. The maximum atomic E-state index is 13.0. The smallest absolute Gasteiger partial charge is 0.256 e. The summed E-state index contributed by atoms with van der Waals surface area (Å²) in [5, 5.41) is 0. The van der Waals surface area contributed by atoms with Crippen LogP contribution in [0.2, 0.25) is 0 Å². The fourth-order valence-electron chi connectivity index (χ4n) is 4.16. The van der Waals surface area contributed by atoms with Crippen LogP contribution in [0.5, 0.6) is 0 Å². The minimum Gasteiger partial charge on any atom is -0.398 e. The molecular formula is C21H27N5O3S. The third-order valence-corrected chi connectivity index (χ3v) is 7.58. The molecule has 0 atom stereocenters. The largest absolute Gasteiger partial charge is 0.398 e. The number of nitrogens with zero attached hydrogens (tertiary/aromatic N) is 4. The number of piperazine rings is 1. The molecule has 1 aromatic heterocycles. The van der Waals surface area contributed by atoms with E-state index in [1.54, 1.807) is 23.1 Å².